The number of carboxylic acids is 1. The third kappa shape index (κ3) is 3.67. The maximum Gasteiger partial charge on any atom is 0.303 e. The fraction of sp³-hybridized carbons (Fsp3) is 0.316. The van der Waals surface area contributed by atoms with Crippen LogP contribution in [0, 0.1) is 0 Å². The van der Waals surface area contributed by atoms with Crippen LogP contribution in [0.25, 0.3) is 0 Å². The van der Waals surface area contributed by atoms with Gasteiger partial charge in [-0.15, -0.1) is 0 Å². The van der Waals surface area contributed by atoms with Gasteiger partial charge >= 0.3 is 5.97 Å². The normalized spacial score (nSPS) is 12.9. The molecule has 2 aromatic carbocycles. The Morgan fingerprint density at radius 1 is 1.00 bits per heavy atom. The Labute approximate surface area is 130 Å². The molecule has 0 aromatic heterocycles. The molecule has 0 bridgehead atoms. The summed E-state index contributed by atoms with van der Waals surface area (Å²) >= 11 is 0. The van der Waals surface area contributed by atoms with Crippen molar-refractivity contribution in [1.82, 2.24) is 0 Å². The highest BCUT2D eigenvalue weighted by Crippen LogP contribution is 2.26. The van der Waals surface area contributed by atoms with Crippen LogP contribution in [0.4, 0.5) is 0 Å². The van der Waals surface area contributed by atoms with E-state index in [0.29, 0.717) is 13.0 Å². The number of rotatable bonds is 6. The quantitative estimate of drug-likeness (QED) is 0.882. The smallest absolute Gasteiger partial charge is 0.303 e. The first kappa shape index (κ1) is 14.6. The maximum atomic E-state index is 10.6. The van der Waals surface area contributed by atoms with Gasteiger partial charge in [-0.25, -0.2) is 0 Å². The molecular weight excluding hydrogens is 276 g/mol. The van der Waals surface area contributed by atoms with E-state index < -0.39 is 5.97 Å². The van der Waals surface area contributed by atoms with Crippen LogP contribution in [0.15, 0.2) is 42.5 Å². The van der Waals surface area contributed by atoms with E-state index in [2.05, 4.69) is 12.1 Å². The lowest BCUT2D eigenvalue weighted by atomic mass is 10.1. The van der Waals surface area contributed by atoms with Crippen LogP contribution in [0.5, 0.6) is 5.75 Å². The second-order valence-electron chi connectivity index (χ2n) is 5.78. The Kier molecular flexibility index (Phi) is 4.42. The van der Waals surface area contributed by atoms with Gasteiger partial charge in [0.05, 0.1) is 0 Å². The van der Waals surface area contributed by atoms with Gasteiger partial charge in [0.25, 0.3) is 0 Å². The highest BCUT2D eigenvalue weighted by Gasteiger charge is 2.11. The van der Waals surface area contributed by atoms with Crippen molar-refractivity contribution in [2.75, 3.05) is 0 Å². The minimum absolute atomic E-state index is 0.172. The molecule has 1 aliphatic rings. The van der Waals surface area contributed by atoms with E-state index in [0.717, 1.165) is 23.3 Å². The topological polar surface area (TPSA) is 46.5 Å². The summed E-state index contributed by atoms with van der Waals surface area (Å²) < 4.78 is 5.86. The molecule has 0 heterocycles. The van der Waals surface area contributed by atoms with Crippen molar-refractivity contribution in [3.8, 4) is 5.75 Å². The van der Waals surface area contributed by atoms with Crippen molar-refractivity contribution in [1.29, 1.82) is 0 Å². The Hall–Kier alpha value is -2.29. The number of hydrogen-bond acceptors (Lipinski definition) is 2. The highest BCUT2D eigenvalue weighted by atomic mass is 16.5. The SMILES string of the molecule is O=C(O)CCc1ccc(COc2ccc3c(c2)CCC3)cc1. The van der Waals surface area contributed by atoms with Crippen LogP contribution in [-0.2, 0) is 30.7 Å². The van der Waals surface area contributed by atoms with Crippen LogP contribution in [0.2, 0.25) is 0 Å². The van der Waals surface area contributed by atoms with Crippen LogP contribution < -0.4 is 4.74 Å². The third-order valence-corrected chi connectivity index (χ3v) is 4.13. The summed E-state index contributed by atoms with van der Waals surface area (Å²) in [4.78, 5) is 10.6. The largest absolute Gasteiger partial charge is 0.489 e. The molecule has 0 spiro atoms. The predicted octanol–water partition coefficient (Wildman–Crippen LogP) is 3.77. The number of carbonyl (C=O) groups is 1. The lowest BCUT2D eigenvalue weighted by Gasteiger charge is -2.09. The third-order valence-electron chi connectivity index (χ3n) is 4.13. The molecule has 0 saturated carbocycles. The summed E-state index contributed by atoms with van der Waals surface area (Å²) in [7, 11) is 0. The lowest BCUT2D eigenvalue weighted by molar-refractivity contribution is -0.136. The van der Waals surface area contributed by atoms with Crippen molar-refractivity contribution in [3.63, 3.8) is 0 Å². The van der Waals surface area contributed by atoms with Crippen LogP contribution in [0.3, 0.4) is 0 Å². The molecule has 0 radical (unpaired) electrons. The Balaban J connectivity index is 1.56. The van der Waals surface area contributed by atoms with Gasteiger partial charge in [-0.3, -0.25) is 4.79 Å². The van der Waals surface area contributed by atoms with Crippen LogP contribution in [0.1, 0.15) is 35.1 Å². The highest BCUT2D eigenvalue weighted by molar-refractivity contribution is 5.67. The van der Waals surface area contributed by atoms with E-state index in [1.807, 2.05) is 30.3 Å². The fourth-order valence-corrected chi connectivity index (χ4v) is 2.86. The zero-order valence-corrected chi connectivity index (χ0v) is 12.5. The standard InChI is InChI=1S/C19H20O3/c20-19(21)11-8-14-4-6-15(7-5-14)13-22-18-10-9-16-2-1-3-17(16)12-18/h4-7,9-10,12H,1-3,8,11,13H2,(H,20,21). The van der Waals surface area contributed by atoms with Gasteiger partial charge in [-0.1, -0.05) is 30.3 Å². The molecule has 0 saturated heterocycles. The Morgan fingerprint density at radius 3 is 2.50 bits per heavy atom. The first-order chi connectivity index (χ1) is 10.7. The molecule has 114 valence electrons. The van der Waals surface area contributed by atoms with E-state index in [1.165, 1.54) is 24.0 Å². The molecule has 1 N–H and O–H groups in total. The summed E-state index contributed by atoms with van der Waals surface area (Å²) in [6.45, 7) is 0.540. The average molecular weight is 296 g/mol. The Morgan fingerprint density at radius 2 is 1.73 bits per heavy atom. The van der Waals surface area contributed by atoms with E-state index in [9.17, 15) is 4.79 Å². The number of aryl methyl sites for hydroxylation is 3. The van der Waals surface area contributed by atoms with E-state index in [4.69, 9.17) is 9.84 Å². The number of hydrogen-bond donors (Lipinski definition) is 1. The predicted molar refractivity (Wildman–Crippen MR) is 85.2 cm³/mol. The van der Waals surface area contributed by atoms with E-state index >= 15 is 0 Å². The summed E-state index contributed by atoms with van der Waals surface area (Å²) in [6, 6.07) is 14.3. The lowest BCUT2D eigenvalue weighted by Crippen LogP contribution is -1.99. The minimum atomic E-state index is -0.760. The van der Waals surface area contributed by atoms with Gasteiger partial charge in [-0.2, -0.15) is 0 Å². The molecular formula is C19H20O3. The van der Waals surface area contributed by atoms with E-state index in [1.54, 1.807) is 0 Å². The number of aliphatic carboxylic acids is 1. The summed E-state index contributed by atoms with van der Waals surface area (Å²) in [5.41, 5.74) is 5.01. The second-order valence-corrected chi connectivity index (χ2v) is 5.78. The molecule has 0 fully saturated rings. The molecule has 3 nitrogen and oxygen atoms in total. The van der Waals surface area contributed by atoms with Crippen molar-refractivity contribution in [2.24, 2.45) is 0 Å². The van der Waals surface area contributed by atoms with E-state index in [-0.39, 0.29) is 6.42 Å². The fourth-order valence-electron chi connectivity index (χ4n) is 2.86. The molecule has 0 aliphatic heterocycles. The zero-order chi connectivity index (χ0) is 15.4. The first-order valence-corrected chi connectivity index (χ1v) is 7.75. The summed E-state index contributed by atoms with van der Waals surface area (Å²) in [5.74, 6) is 0.166. The molecule has 3 heteroatoms. The van der Waals surface area contributed by atoms with Gasteiger partial charge in [0.15, 0.2) is 0 Å². The molecule has 22 heavy (non-hydrogen) atoms. The molecule has 0 atom stereocenters. The van der Waals surface area contributed by atoms with Crippen molar-refractivity contribution < 1.29 is 14.6 Å². The summed E-state index contributed by atoms with van der Waals surface area (Å²) in [6.07, 6.45) is 4.33. The first-order valence-electron chi connectivity index (χ1n) is 7.75. The van der Waals surface area contributed by atoms with Crippen molar-refractivity contribution >= 4 is 5.97 Å². The number of ether oxygens (including phenoxy) is 1. The van der Waals surface area contributed by atoms with Crippen LogP contribution >= 0.6 is 0 Å². The molecule has 2 aromatic rings. The Bertz CT molecular complexity index is 659. The van der Waals surface area contributed by atoms with Gasteiger partial charge in [-0.05, 0) is 60.1 Å². The van der Waals surface area contributed by atoms with Gasteiger partial charge < -0.3 is 9.84 Å². The summed E-state index contributed by atoms with van der Waals surface area (Å²) in [5, 5.41) is 8.69. The average Bonchev–Trinajstić information content (AvgIpc) is 2.99. The second kappa shape index (κ2) is 6.65. The minimum Gasteiger partial charge on any atom is -0.489 e. The number of benzene rings is 2. The zero-order valence-electron chi connectivity index (χ0n) is 12.5. The molecule has 0 amide bonds. The van der Waals surface area contributed by atoms with Crippen molar-refractivity contribution in [3.05, 3.63) is 64.7 Å². The number of fused-ring (bicyclic) bond motifs is 1. The van der Waals surface area contributed by atoms with Crippen LogP contribution in [-0.4, -0.2) is 11.1 Å². The maximum absolute atomic E-state index is 10.6. The van der Waals surface area contributed by atoms with Gasteiger partial charge in [0, 0.05) is 6.42 Å². The molecule has 0 unspecified atom stereocenters. The van der Waals surface area contributed by atoms with Gasteiger partial charge in [0.2, 0.25) is 0 Å². The molecule has 1 aliphatic carbocycles. The molecule has 3 rings (SSSR count). The number of carboxylic acid groups (broad SMARTS) is 1. The van der Waals surface area contributed by atoms with Gasteiger partial charge in [0.1, 0.15) is 12.4 Å². The van der Waals surface area contributed by atoms with Crippen molar-refractivity contribution in [2.45, 2.75) is 38.7 Å². The monoisotopic (exact) mass is 296 g/mol.